The van der Waals surface area contributed by atoms with E-state index < -0.39 is 23.6 Å². The van der Waals surface area contributed by atoms with E-state index >= 15 is 0 Å². The third-order valence-electron chi connectivity index (χ3n) is 6.31. The van der Waals surface area contributed by atoms with Crippen LogP contribution in [0.15, 0.2) is 29.1 Å². The van der Waals surface area contributed by atoms with E-state index in [0.29, 0.717) is 23.4 Å². The van der Waals surface area contributed by atoms with Gasteiger partial charge in [0.1, 0.15) is 11.4 Å². The van der Waals surface area contributed by atoms with Crippen LogP contribution in [0.25, 0.3) is 22.3 Å². The van der Waals surface area contributed by atoms with Crippen molar-refractivity contribution in [2.75, 3.05) is 14.1 Å². The minimum absolute atomic E-state index is 0.0107. The van der Waals surface area contributed by atoms with Crippen LogP contribution in [0.4, 0.5) is 0 Å². The van der Waals surface area contributed by atoms with E-state index in [9.17, 15) is 24.9 Å². The molecule has 8 nitrogen and oxygen atoms in total. The van der Waals surface area contributed by atoms with Crippen molar-refractivity contribution < 1.29 is 20.1 Å². The van der Waals surface area contributed by atoms with E-state index in [2.05, 4.69) is 0 Å². The van der Waals surface area contributed by atoms with Crippen LogP contribution in [-0.4, -0.2) is 49.6 Å². The number of carbonyl (C=O) groups is 1. The first-order valence-corrected chi connectivity index (χ1v) is 10.5. The van der Waals surface area contributed by atoms with Gasteiger partial charge in [-0.1, -0.05) is 6.92 Å². The Hall–Kier alpha value is -3.07. The number of rotatable bonds is 6. The van der Waals surface area contributed by atoms with E-state index in [1.807, 2.05) is 25.1 Å². The predicted molar refractivity (Wildman–Crippen MR) is 120 cm³/mol. The normalized spacial score (nSPS) is 14.5. The predicted octanol–water partition coefficient (Wildman–Crippen LogP) is 1.87. The Morgan fingerprint density at radius 2 is 1.97 bits per heavy atom. The van der Waals surface area contributed by atoms with Crippen molar-refractivity contribution in [3.05, 3.63) is 56.9 Å². The molecule has 0 spiro atoms. The quantitative estimate of drug-likeness (QED) is 0.422. The fourth-order valence-electron chi connectivity index (χ4n) is 4.52. The number of pyridine rings is 2. The van der Waals surface area contributed by atoms with Crippen LogP contribution in [0.2, 0.25) is 0 Å². The van der Waals surface area contributed by atoms with Crippen LogP contribution in [0.3, 0.4) is 0 Å². The number of aliphatic hydroxyl groups excluding tert-OH is 1. The standard InChI is InChI=1S/C24H27N3O5/c1-5-24(32,13(2)29)18-9-20-22-14(10-27(20)23(31)17(18)12-28)8-15-16(11-26(3)4)21(30)7-6-19(15)25-22/h6-9,28,30,32H,5,10-12H2,1-4H3/t24-/m1/s1. The molecule has 0 radical (unpaired) electrons. The number of hydrogen-bond acceptors (Lipinski definition) is 7. The number of carbonyl (C=O) groups excluding carboxylic acids is 1. The van der Waals surface area contributed by atoms with Crippen molar-refractivity contribution in [1.82, 2.24) is 14.5 Å². The summed E-state index contributed by atoms with van der Waals surface area (Å²) in [5.41, 5.74) is 1.12. The minimum Gasteiger partial charge on any atom is -0.508 e. The number of aromatic nitrogens is 2. The minimum atomic E-state index is -1.86. The number of aliphatic hydroxyl groups is 2. The van der Waals surface area contributed by atoms with Crippen LogP contribution in [0, 0.1) is 0 Å². The zero-order chi connectivity index (χ0) is 23.4. The van der Waals surface area contributed by atoms with Gasteiger partial charge in [-0.15, -0.1) is 0 Å². The molecule has 0 amide bonds. The molecule has 3 N–H and O–H groups in total. The Morgan fingerprint density at radius 1 is 1.25 bits per heavy atom. The summed E-state index contributed by atoms with van der Waals surface area (Å²) in [5, 5.41) is 32.2. The van der Waals surface area contributed by atoms with Gasteiger partial charge in [0.2, 0.25) is 0 Å². The molecule has 3 aromatic rings. The summed E-state index contributed by atoms with van der Waals surface area (Å²) in [6.07, 6.45) is 0.0728. The lowest BCUT2D eigenvalue weighted by Crippen LogP contribution is -2.38. The SMILES string of the molecule is CC[C@@](O)(C(C)=O)c1cc2n(c(=O)c1CO)Cc1cc3c(CN(C)C)c(O)ccc3nc1-2. The van der Waals surface area contributed by atoms with Gasteiger partial charge in [-0.05, 0) is 51.7 Å². The number of Topliss-reactive ketones (excluding diaryl/α,β-unsaturated/α-hetero) is 1. The van der Waals surface area contributed by atoms with Crippen molar-refractivity contribution >= 4 is 16.7 Å². The molecule has 3 heterocycles. The van der Waals surface area contributed by atoms with Crippen LogP contribution < -0.4 is 5.56 Å². The molecule has 0 saturated heterocycles. The molecule has 32 heavy (non-hydrogen) atoms. The summed E-state index contributed by atoms with van der Waals surface area (Å²) < 4.78 is 1.51. The lowest BCUT2D eigenvalue weighted by atomic mass is 9.84. The highest BCUT2D eigenvalue weighted by Gasteiger charge is 2.38. The number of nitrogens with zero attached hydrogens (tertiary/aromatic N) is 3. The maximum atomic E-state index is 13.2. The van der Waals surface area contributed by atoms with Gasteiger partial charge in [0, 0.05) is 34.2 Å². The van der Waals surface area contributed by atoms with E-state index in [0.717, 1.165) is 16.5 Å². The largest absolute Gasteiger partial charge is 0.508 e. The maximum absolute atomic E-state index is 13.2. The first kappa shape index (κ1) is 22.1. The summed E-state index contributed by atoms with van der Waals surface area (Å²) in [6.45, 7) is 3.12. The van der Waals surface area contributed by atoms with Crippen molar-refractivity contribution in [3.8, 4) is 17.1 Å². The van der Waals surface area contributed by atoms with E-state index in [4.69, 9.17) is 4.98 Å². The van der Waals surface area contributed by atoms with Gasteiger partial charge in [-0.2, -0.15) is 0 Å². The summed E-state index contributed by atoms with van der Waals surface area (Å²) in [5.74, 6) is -0.313. The summed E-state index contributed by atoms with van der Waals surface area (Å²) in [6, 6.07) is 6.86. The van der Waals surface area contributed by atoms with Crippen molar-refractivity contribution in [3.63, 3.8) is 0 Å². The van der Waals surface area contributed by atoms with Crippen LogP contribution in [0.1, 0.15) is 42.5 Å². The maximum Gasteiger partial charge on any atom is 0.257 e. The van der Waals surface area contributed by atoms with Gasteiger partial charge < -0.3 is 24.8 Å². The monoisotopic (exact) mass is 437 g/mol. The number of phenols is 1. The molecule has 1 aromatic carbocycles. The Kier molecular flexibility index (Phi) is 5.40. The van der Waals surface area contributed by atoms with Gasteiger partial charge in [-0.25, -0.2) is 4.98 Å². The number of phenolic OH excluding ortho intramolecular Hbond substituents is 1. The van der Waals surface area contributed by atoms with Gasteiger partial charge in [0.25, 0.3) is 5.56 Å². The average Bonchev–Trinajstić information content (AvgIpc) is 3.11. The van der Waals surface area contributed by atoms with E-state index in [1.54, 1.807) is 25.1 Å². The summed E-state index contributed by atoms with van der Waals surface area (Å²) in [7, 11) is 3.83. The fraction of sp³-hybridized carbons (Fsp3) is 0.375. The molecule has 1 aliphatic heterocycles. The molecule has 0 aliphatic carbocycles. The third kappa shape index (κ3) is 3.23. The number of ketones is 1. The molecule has 0 fully saturated rings. The molecular formula is C24H27N3O5. The lowest BCUT2D eigenvalue weighted by Gasteiger charge is -2.27. The van der Waals surface area contributed by atoms with Crippen molar-refractivity contribution in [2.45, 2.75) is 45.6 Å². The zero-order valence-corrected chi connectivity index (χ0v) is 18.6. The highest BCUT2D eigenvalue weighted by Crippen LogP contribution is 2.38. The van der Waals surface area contributed by atoms with Crippen LogP contribution in [0.5, 0.6) is 5.75 Å². The van der Waals surface area contributed by atoms with Crippen molar-refractivity contribution in [2.24, 2.45) is 0 Å². The first-order chi connectivity index (χ1) is 15.1. The fourth-order valence-corrected chi connectivity index (χ4v) is 4.52. The molecule has 8 heteroatoms. The molecule has 2 aromatic heterocycles. The summed E-state index contributed by atoms with van der Waals surface area (Å²) in [4.78, 5) is 32.2. The zero-order valence-electron chi connectivity index (χ0n) is 18.6. The molecular weight excluding hydrogens is 410 g/mol. The first-order valence-electron chi connectivity index (χ1n) is 10.5. The Bertz CT molecular complexity index is 1310. The van der Waals surface area contributed by atoms with Gasteiger partial charge >= 0.3 is 0 Å². The lowest BCUT2D eigenvalue weighted by molar-refractivity contribution is -0.136. The van der Waals surface area contributed by atoms with Gasteiger partial charge in [0.15, 0.2) is 5.78 Å². The second-order valence-electron chi connectivity index (χ2n) is 8.61. The smallest absolute Gasteiger partial charge is 0.257 e. The molecule has 0 unspecified atom stereocenters. The Balaban J connectivity index is 1.99. The number of aromatic hydroxyl groups is 1. The van der Waals surface area contributed by atoms with Gasteiger partial charge in [-0.3, -0.25) is 9.59 Å². The van der Waals surface area contributed by atoms with Crippen molar-refractivity contribution in [1.29, 1.82) is 0 Å². The van der Waals surface area contributed by atoms with Crippen LogP contribution in [-0.2, 0) is 30.1 Å². The topological polar surface area (TPSA) is 116 Å². The summed E-state index contributed by atoms with van der Waals surface area (Å²) >= 11 is 0. The van der Waals surface area contributed by atoms with Crippen LogP contribution >= 0.6 is 0 Å². The molecule has 0 saturated carbocycles. The number of fused-ring (bicyclic) bond motifs is 4. The number of benzene rings is 1. The average molecular weight is 437 g/mol. The molecule has 0 bridgehead atoms. The molecule has 168 valence electrons. The second-order valence-corrected chi connectivity index (χ2v) is 8.61. The second kappa shape index (κ2) is 7.81. The highest BCUT2D eigenvalue weighted by molar-refractivity contribution is 5.89. The third-order valence-corrected chi connectivity index (χ3v) is 6.31. The van der Waals surface area contributed by atoms with Gasteiger partial charge in [0.05, 0.1) is 30.1 Å². The molecule has 1 aliphatic rings. The molecule has 1 atom stereocenters. The Labute approximate surface area is 185 Å². The molecule has 4 rings (SSSR count). The highest BCUT2D eigenvalue weighted by atomic mass is 16.3. The van der Waals surface area contributed by atoms with E-state index in [-0.39, 0.29) is 29.8 Å². The Morgan fingerprint density at radius 3 is 2.56 bits per heavy atom. The number of hydrogen-bond donors (Lipinski definition) is 3. The van der Waals surface area contributed by atoms with E-state index in [1.165, 1.54) is 11.5 Å².